The minimum atomic E-state index is -0.785. The fraction of sp³-hybridized carbons (Fsp3) is 0.318. The molecule has 3 aliphatic heterocycles. The van der Waals surface area contributed by atoms with Crippen LogP contribution in [0.15, 0.2) is 42.5 Å². The first-order valence-corrected chi connectivity index (χ1v) is 10.5. The number of benzene rings is 2. The third kappa shape index (κ3) is 2.82. The molecule has 0 saturated carbocycles. The van der Waals surface area contributed by atoms with E-state index in [0.29, 0.717) is 17.1 Å². The first-order valence-electron chi connectivity index (χ1n) is 9.77. The molecule has 4 atom stereocenters. The normalized spacial score (nSPS) is 28.2. The van der Waals surface area contributed by atoms with Crippen molar-refractivity contribution in [2.24, 2.45) is 11.8 Å². The van der Waals surface area contributed by atoms with Crippen molar-refractivity contribution in [3.8, 4) is 0 Å². The van der Waals surface area contributed by atoms with E-state index in [-0.39, 0.29) is 28.4 Å². The van der Waals surface area contributed by atoms with Crippen LogP contribution in [0.5, 0.6) is 0 Å². The topological polar surface area (TPSA) is 57.7 Å². The number of Topliss-reactive ketones (excluding diaryl/α,β-unsaturated/α-hetero) is 1. The molecule has 154 valence electrons. The van der Waals surface area contributed by atoms with Crippen LogP contribution in [-0.2, 0) is 9.59 Å². The van der Waals surface area contributed by atoms with Gasteiger partial charge in [0.05, 0.1) is 28.6 Å². The summed E-state index contributed by atoms with van der Waals surface area (Å²) in [6.45, 7) is 0.650. The average Bonchev–Trinajstić information content (AvgIpc) is 3.35. The number of imide groups is 1. The molecule has 3 heterocycles. The predicted molar refractivity (Wildman–Crippen MR) is 110 cm³/mol. The number of rotatable bonds is 3. The Hall–Kier alpha value is -2.28. The number of anilines is 1. The van der Waals surface area contributed by atoms with Crippen LogP contribution in [-0.4, -0.2) is 41.1 Å². The third-order valence-electron chi connectivity index (χ3n) is 6.40. The van der Waals surface area contributed by atoms with E-state index in [1.165, 1.54) is 30.3 Å². The number of halogens is 3. The van der Waals surface area contributed by atoms with Crippen LogP contribution in [0.2, 0.25) is 10.0 Å². The minimum absolute atomic E-state index is 0.170. The Kier molecular flexibility index (Phi) is 4.69. The molecule has 0 aliphatic carbocycles. The Morgan fingerprint density at radius 1 is 1.00 bits per heavy atom. The summed E-state index contributed by atoms with van der Waals surface area (Å²) in [5.74, 6) is -2.84. The van der Waals surface area contributed by atoms with Gasteiger partial charge in [0.2, 0.25) is 11.8 Å². The molecule has 5 rings (SSSR count). The van der Waals surface area contributed by atoms with Crippen LogP contribution in [0.3, 0.4) is 0 Å². The predicted octanol–water partition coefficient (Wildman–Crippen LogP) is 3.97. The summed E-state index contributed by atoms with van der Waals surface area (Å²) in [6.07, 6.45) is 1.60. The molecule has 0 N–H and O–H groups in total. The van der Waals surface area contributed by atoms with E-state index in [1.807, 2.05) is 4.90 Å². The molecule has 4 unspecified atom stereocenters. The highest BCUT2D eigenvalue weighted by Crippen LogP contribution is 2.49. The Morgan fingerprint density at radius 3 is 2.40 bits per heavy atom. The zero-order valence-corrected chi connectivity index (χ0v) is 17.2. The van der Waals surface area contributed by atoms with Crippen LogP contribution in [0.25, 0.3) is 0 Å². The summed E-state index contributed by atoms with van der Waals surface area (Å²) in [4.78, 5) is 43.2. The molecule has 0 radical (unpaired) electrons. The lowest BCUT2D eigenvalue weighted by Gasteiger charge is -2.27. The number of hydrogen-bond acceptors (Lipinski definition) is 4. The van der Waals surface area contributed by atoms with E-state index in [2.05, 4.69) is 0 Å². The van der Waals surface area contributed by atoms with Crippen molar-refractivity contribution < 1.29 is 18.8 Å². The van der Waals surface area contributed by atoms with Gasteiger partial charge in [-0.25, -0.2) is 9.29 Å². The average molecular weight is 447 g/mol. The molecule has 2 amide bonds. The summed E-state index contributed by atoms with van der Waals surface area (Å²) in [7, 11) is 0. The highest BCUT2D eigenvalue weighted by atomic mass is 35.5. The van der Waals surface area contributed by atoms with Gasteiger partial charge in [-0.2, -0.15) is 0 Å². The number of amides is 2. The van der Waals surface area contributed by atoms with Gasteiger partial charge >= 0.3 is 0 Å². The van der Waals surface area contributed by atoms with Gasteiger partial charge in [-0.05, 0) is 61.9 Å². The second kappa shape index (κ2) is 7.15. The van der Waals surface area contributed by atoms with Crippen molar-refractivity contribution >= 4 is 46.5 Å². The second-order valence-corrected chi connectivity index (χ2v) is 8.77. The summed E-state index contributed by atoms with van der Waals surface area (Å²) in [6, 6.07) is 8.97. The fourth-order valence-electron chi connectivity index (χ4n) is 5.20. The van der Waals surface area contributed by atoms with Crippen LogP contribution in [0, 0.1) is 17.7 Å². The molecule has 2 aromatic rings. The van der Waals surface area contributed by atoms with Crippen LogP contribution in [0.4, 0.5) is 10.1 Å². The van der Waals surface area contributed by atoms with E-state index in [1.54, 1.807) is 12.1 Å². The highest BCUT2D eigenvalue weighted by molar-refractivity contribution is 6.38. The monoisotopic (exact) mass is 446 g/mol. The molecule has 0 bridgehead atoms. The molecule has 3 fully saturated rings. The molecule has 30 heavy (non-hydrogen) atoms. The largest absolute Gasteiger partial charge is 0.292 e. The summed E-state index contributed by atoms with van der Waals surface area (Å²) >= 11 is 12.2. The van der Waals surface area contributed by atoms with E-state index in [4.69, 9.17) is 23.2 Å². The number of carbonyl (C=O) groups excluding carboxylic acids is 3. The third-order valence-corrected chi connectivity index (χ3v) is 6.94. The molecule has 8 heteroatoms. The van der Waals surface area contributed by atoms with Crippen molar-refractivity contribution in [3.05, 3.63) is 63.9 Å². The van der Waals surface area contributed by atoms with E-state index >= 15 is 0 Å². The number of nitrogens with zero attached hydrogens (tertiary/aromatic N) is 2. The van der Waals surface area contributed by atoms with E-state index < -0.39 is 29.6 Å². The molecule has 3 saturated heterocycles. The zero-order valence-electron chi connectivity index (χ0n) is 15.7. The van der Waals surface area contributed by atoms with Gasteiger partial charge in [0.25, 0.3) is 0 Å². The van der Waals surface area contributed by atoms with Gasteiger partial charge in [0.1, 0.15) is 5.82 Å². The van der Waals surface area contributed by atoms with Crippen molar-refractivity contribution in [1.29, 1.82) is 0 Å². The number of ketones is 1. The van der Waals surface area contributed by atoms with Crippen molar-refractivity contribution in [2.75, 3.05) is 11.4 Å². The maximum absolute atomic E-state index is 13.4. The van der Waals surface area contributed by atoms with Gasteiger partial charge in [0.15, 0.2) is 5.78 Å². The Bertz CT molecular complexity index is 1070. The van der Waals surface area contributed by atoms with Crippen LogP contribution < -0.4 is 4.90 Å². The first kappa shape index (κ1) is 19.7. The van der Waals surface area contributed by atoms with Gasteiger partial charge in [-0.3, -0.25) is 19.3 Å². The van der Waals surface area contributed by atoms with E-state index in [9.17, 15) is 18.8 Å². The standard InChI is InChI=1S/C22H17Cl2FN2O3/c23-12-5-8-15(14(24)10-12)27-21(29)17-16-2-1-9-26(16)19(18(17)22(27)30)20(28)11-3-6-13(25)7-4-11/h3-8,10,16-19H,1-2,9H2. The Balaban J connectivity index is 1.56. The van der Waals surface area contributed by atoms with Crippen LogP contribution >= 0.6 is 23.2 Å². The van der Waals surface area contributed by atoms with Gasteiger partial charge in [0, 0.05) is 16.6 Å². The number of fused-ring (bicyclic) bond motifs is 3. The highest BCUT2D eigenvalue weighted by Gasteiger charge is 2.64. The molecular formula is C22H17Cl2FN2O3. The maximum atomic E-state index is 13.4. The number of carbonyl (C=O) groups is 3. The lowest BCUT2D eigenvalue weighted by molar-refractivity contribution is -0.123. The molecule has 0 spiro atoms. The molecule has 2 aromatic carbocycles. The molecule has 5 nitrogen and oxygen atoms in total. The summed E-state index contributed by atoms with van der Waals surface area (Å²) in [5, 5.41) is 0.600. The van der Waals surface area contributed by atoms with Crippen molar-refractivity contribution in [1.82, 2.24) is 4.90 Å². The Morgan fingerprint density at radius 2 is 1.70 bits per heavy atom. The SMILES string of the molecule is O=C(c1ccc(F)cc1)C1C2C(=O)N(c3ccc(Cl)cc3Cl)C(=O)C2C2CCCN21. The quantitative estimate of drug-likeness (QED) is 0.528. The van der Waals surface area contributed by atoms with Crippen molar-refractivity contribution in [2.45, 2.75) is 24.9 Å². The van der Waals surface area contributed by atoms with Gasteiger partial charge in [-0.1, -0.05) is 23.2 Å². The summed E-state index contributed by atoms with van der Waals surface area (Å²) < 4.78 is 13.3. The minimum Gasteiger partial charge on any atom is -0.292 e. The van der Waals surface area contributed by atoms with Gasteiger partial charge < -0.3 is 0 Å². The van der Waals surface area contributed by atoms with Crippen LogP contribution in [0.1, 0.15) is 23.2 Å². The lowest BCUT2D eigenvalue weighted by atomic mass is 9.85. The lowest BCUT2D eigenvalue weighted by Crippen LogP contribution is -2.46. The zero-order chi connectivity index (χ0) is 21.2. The van der Waals surface area contributed by atoms with Gasteiger partial charge in [-0.15, -0.1) is 0 Å². The van der Waals surface area contributed by atoms with Crippen molar-refractivity contribution in [3.63, 3.8) is 0 Å². The van der Waals surface area contributed by atoms with E-state index in [0.717, 1.165) is 17.7 Å². The molecular weight excluding hydrogens is 430 g/mol. The molecule has 3 aliphatic rings. The molecule has 0 aromatic heterocycles. The maximum Gasteiger partial charge on any atom is 0.239 e. The first-order chi connectivity index (χ1) is 14.4. The number of hydrogen-bond donors (Lipinski definition) is 0. The summed E-state index contributed by atoms with van der Waals surface area (Å²) in [5.41, 5.74) is 0.610. The smallest absolute Gasteiger partial charge is 0.239 e. The fourth-order valence-corrected chi connectivity index (χ4v) is 5.69. The second-order valence-electron chi connectivity index (χ2n) is 7.92. The Labute approximate surface area is 182 Å².